The van der Waals surface area contributed by atoms with Gasteiger partial charge in [0.15, 0.2) is 0 Å². The molecule has 1 atom stereocenters. The number of nitrogens with two attached hydrogens (primary N) is 1. The van der Waals surface area contributed by atoms with Gasteiger partial charge in [-0.2, -0.15) is 4.98 Å². The summed E-state index contributed by atoms with van der Waals surface area (Å²) in [5, 5.41) is 6.84. The van der Waals surface area contributed by atoms with Crippen molar-refractivity contribution >= 4 is 11.9 Å². The molecule has 2 aliphatic heterocycles. The zero-order valence-electron chi connectivity index (χ0n) is 12.6. The molecule has 2 aliphatic rings. The van der Waals surface area contributed by atoms with E-state index >= 15 is 0 Å². The molecule has 3 rings (SSSR count). The third-order valence-electron chi connectivity index (χ3n) is 4.73. The summed E-state index contributed by atoms with van der Waals surface area (Å²) in [6.07, 6.45) is 3.92. The first-order valence-electron chi connectivity index (χ1n) is 7.76. The molecular formula is C14H24N6O. The zero-order valence-corrected chi connectivity index (χ0v) is 12.6. The maximum atomic E-state index is 11.5. The Hall–Kier alpha value is -1.63. The molecular weight excluding hydrogens is 268 g/mol. The molecule has 0 saturated carbocycles. The molecule has 1 aromatic rings. The molecule has 7 heteroatoms. The Kier molecular flexibility index (Phi) is 4.10. The average molecular weight is 292 g/mol. The van der Waals surface area contributed by atoms with E-state index in [0.717, 1.165) is 51.3 Å². The van der Waals surface area contributed by atoms with Gasteiger partial charge in [-0.3, -0.25) is 9.89 Å². The molecule has 3 heterocycles. The molecule has 21 heavy (non-hydrogen) atoms. The van der Waals surface area contributed by atoms with E-state index in [1.54, 1.807) is 0 Å². The van der Waals surface area contributed by atoms with Gasteiger partial charge in [-0.1, -0.05) is 0 Å². The summed E-state index contributed by atoms with van der Waals surface area (Å²) < 4.78 is 0. The van der Waals surface area contributed by atoms with Gasteiger partial charge in [0.2, 0.25) is 11.9 Å². The highest BCUT2D eigenvalue weighted by Gasteiger charge is 2.28. The predicted molar refractivity (Wildman–Crippen MR) is 79.6 cm³/mol. The maximum Gasteiger partial charge on any atom is 0.239 e. The van der Waals surface area contributed by atoms with Crippen LogP contribution in [0.3, 0.4) is 0 Å². The van der Waals surface area contributed by atoms with Crippen LogP contribution in [0.15, 0.2) is 0 Å². The first kappa shape index (κ1) is 14.3. The van der Waals surface area contributed by atoms with Crippen LogP contribution in [-0.4, -0.2) is 64.1 Å². The highest BCUT2D eigenvalue weighted by atomic mass is 16.2. The minimum Gasteiger partial charge on any atom is -0.367 e. The Balaban J connectivity index is 1.47. The average Bonchev–Trinajstić information content (AvgIpc) is 2.90. The summed E-state index contributed by atoms with van der Waals surface area (Å²) in [5.41, 5.74) is 5.56. The number of likely N-dealkylation sites (tertiary alicyclic amines) is 2. The molecule has 0 bridgehead atoms. The van der Waals surface area contributed by atoms with Gasteiger partial charge in [0.05, 0.1) is 0 Å². The van der Waals surface area contributed by atoms with Gasteiger partial charge in [-0.15, -0.1) is 5.10 Å². The number of nitrogens with one attached hydrogen (secondary N) is 1. The number of piperidine rings is 2. The molecule has 116 valence electrons. The molecule has 1 aromatic heterocycles. The van der Waals surface area contributed by atoms with E-state index in [4.69, 9.17) is 5.73 Å². The Bertz CT molecular complexity index is 493. The zero-order chi connectivity index (χ0) is 14.8. The van der Waals surface area contributed by atoms with Gasteiger partial charge in [-0.25, -0.2) is 0 Å². The van der Waals surface area contributed by atoms with Gasteiger partial charge in [0, 0.05) is 32.5 Å². The van der Waals surface area contributed by atoms with Crippen molar-refractivity contribution in [2.24, 2.45) is 5.92 Å². The monoisotopic (exact) mass is 292 g/mol. The number of H-pyrrole nitrogens is 1. The minimum atomic E-state index is 0.285. The number of nitrogens with zero attached hydrogens (tertiary/aromatic N) is 4. The first-order valence-corrected chi connectivity index (χ1v) is 7.76. The number of rotatable bonds is 3. The lowest BCUT2D eigenvalue weighted by molar-refractivity contribution is -0.133. The number of nitrogen functional groups attached to an aromatic ring is 1. The van der Waals surface area contributed by atoms with E-state index in [1.165, 1.54) is 0 Å². The molecule has 3 N–H and O–H groups in total. The van der Waals surface area contributed by atoms with Gasteiger partial charge in [0.25, 0.3) is 0 Å². The number of carbonyl (C=O) groups excluding carboxylic acids is 1. The standard InChI is InChI=1S/C14H24N6O/c1-19-8-10(2-3-12(19)21)9-20-6-4-11(5-7-20)13-16-14(15)18-17-13/h10-11H,2-9H2,1H3,(H3,15,16,17,18). The number of aromatic amines is 1. The van der Waals surface area contributed by atoms with Crippen LogP contribution < -0.4 is 5.73 Å². The number of amides is 1. The molecule has 0 spiro atoms. The largest absolute Gasteiger partial charge is 0.367 e. The number of anilines is 1. The summed E-state index contributed by atoms with van der Waals surface area (Å²) >= 11 is 0. The lowest BCUT2D eigenvalue weighted by atomic mass is 9.93. The second-order valence-electron chi connectivity index (χ2n) is 6.33. The number of aromatic nitrogens is 3. The topological polar surface area (TPSA) is 91.1 Å². The van der Waals surface area contributed by atoms with Crippen molar-refractivity contribution in [3.8, 4) is 0 Å². The lowest BCUT2D eigenvalue weighted by Crippen LogP contribution is -2.43. The second-order valence-corrected chi connectivity index (χ2v) is 6.33. The highest BCUT2D eigenvalue weighted by molar-refractivity contribution is 5.76. The van der Waals surface area contributed by atoms with E-state index < -0.39 is 0 Å². The van der Waals surface area contributed by atoms with Crippen molar-refractivity contribution in [2.45, 2.75) is 31.6 Å². The van der Waals surface area contributed by atoms with Crippen molar-refractivity contribution in [2.75, 3.05) is 39.0 Å². The van der Waals surface area contributed by atoms with Crippen LogP contribution in [0.1, 0.15) is 37.4 Å². The molecule has 1 unspecified atom stereocenters. The third-order valence-corrected chi connectivity index (χ3v) is 4.73. The molecule has 7 nitrogen and oxygen atoms in total. The SMILES string of the molecule is CN1CC(CN2CCC(c3nc(N)n[nH]3)CC2)CCC1=O. The van der Waals surface area contributed by atoms with Crippen LogP contribution in [-0.2, 0) is 4.79 Å². The van der Waals surface area contributed by atoms with E-state index in [9.17, 15) is 4.79 Å². The number of carbonyl (C=O) groups is 1. The second kappa shape index (κ2) is 6.01. The summed E-state index contributed by atoms with van der Waals surface area (Å²) in [6, 6.07) is 0. The Labute approximate surface area is 124 Å². The normalized spacial score (nSPS) is 25.5. The van der Waals surface area contributed by atoms with Crippen LogP contribution in [0.25, 0.3) is 0 Å². The van der Waals surface area contributed by atoms with Gasteiger partial charge in [-0.05, 0) is 38.3 Å². The van der Waals surface area contributed by atoms with Crippen molar-refractivity contribution in [3.63, 3.8) is 0 Å². The van der Waals surface area contributed by atoms with Crippen LogP contribution in [0.2, 0.25) is 0 Å². The van der Waals surface area contributed by atoms with Crippen LogP contribution >= 0.6 is 0 Å². The van der Waals surface area contributed by atoms with Crippen molar-refractivity contribution < 1.29 is 4.79 Å². The molecule has 2 saturated heterocycles. The highest BCUT2D eigenvalue weighted by Crippen LogP contribution is 2.27. The van der Waals surface area contributed by atoms with Gasteiger partial charge >= 0.3 is 0 Å². The molecule has 0 aromatic carbocycles. The Morgan fingerprint density at radius 3 is 2.71 bits per heavy atom. The first-order chi connectivity index (χ1) is 10.1. The predicted octanol–water partition coefficient (Wildman–Crippen LogP) is 0.435. The van der Waals surface area contributed by atoms with Gasteiger partial charge in [0.1, 0.15) is 5.82 Å². The Morgan fingerprint density at radius 1 is 1.33 bits per heavy atom. The summed E-state index contributed by atoms with van der Waals surface area (Å²) in [6.45, 7) is 4.17. The third kappa shape index (κ3) is 3.34. The Morgan fingerprint density at radius 2 is 2.10 bits per heavy atom. The fourth-order valence-corrected chi connectivity index (χ4v) is 3.47. The summed E-state index contributed by atoms with van der Waals surface area (Å²) in [7, 11) is 1.91. The smallest absolute Gasteiger partial charge is 0.239 e. The molecule has 0 radical (unpaired) electrons. The van der Waals surface area contributed by atoms with Crippen molar-refractivity contribution in [1.29, 1.82) is 0 Å². The molecule has 1 amide bonds. The fourth-order valence-electron chi connectivity index (χ4n) is 3.47. The van der Waals surface area contributed by atoms with E-state index in [0.29, 0.717) is 24.2 Å². The summed E-state index contributed by atoms with van der Waals surface area (Å²) in [4.78, 5) is 20.2. The van der Waals surface area contributed by atoms with Crippen molar-refractivity contribution in [1.82, 2.24) is 25.0 Å². The van der Waals surface area contributed by atoms with Crippen LogP contribution in [0.5, 0.6) is 0 Å². The van der Waals surface area contributed by atoms with E-state index in [-0.39, 0.29) is 5.91 Å². The number of hydrogen-bond acceptors (Lipinski definition) is 5. The number of hydrogen-bond donors (Lipinski definition) is 2. The van der Waals surface area contributed by atoms with Crippen molar-refractivity contribution in [3.05, 3.63) is 5.82 Å². The van der Waals surface area contributed by atoms with Crippen LogP contribution in [0.4, 0.5) is 5.95 Å². The van der Waals surface area contributed by atoms with Crippen LogP contribution in [0, 0.1) is 5.92 Å². The van der Waals surface area contributed by atoms with E-state index in [1.807, 2.05) is 11.9 Å². The molecule has 2 fully saturated rings. The minimum absolute atomic E-state index is 0.285. The maximum absolute atomic E-state index is 11.5. The van der Waals surface area contributed by atoms with E-state index in [2.05, 4.69) is 20.1 Å². The lowest BCUT2D eigenvalue weighted by Gasteiger charge is -2.36. The molecule has 0 aliphatic carbocycles. The quantitative estimate of drug-likeness (QED) is 0.843. The summed E-state index contributed by atoms with van der Waals surface area (Å²) in [5.74, 6) is 2.61. The fraction of sp³-hybridized carbons (Fsp3) is 0.786. The van der Waals surface area contributed by atoms with Gasteiger partial charge < -0.3 is 15.5 Å².